The van der Waals surface area contributed by atoms with Crippen molar-refractivity contribution in [2.45, 2.75) is 38.5 Å². The molecule has 1 amide bonds. The van der Waals surface area contributed by atoms with Gasteiger partial charge < -0.3 is 4.90 Å². The van der Waals surface area contributed by atoms with Gasteiger partial charge in [-0.1, -0.05) is 47.1 Å². The number of carbonyl (C=O) groups is 1. The van der Waals surface area contributed by atoms with Gasteiger partial charge in [0.05, 0.1) is 5.75 Å². The second kappa shape index (κ2) is 8.54. The van der Waals surface area contributed by atoms with E-state index in [1.54, 1.807) is 12.1 Å². The molecule has 0 saturated heterocycles. The molecule has 0 aliphatic carbocycles. The van der Waals surface area contributed by atoms with Gasteiger partial charge >= 0.3 is 0 Å². The SMILES string of the molecule is CCCN1C(=O)CCc2cc(CNS(=O)(=O)Cc3ccc(Br)cc3)ccc21. The van der Waals surface area contributed by atoms with Crippen molar-refractivity contribution in [2.75, 3.05) is 11.4 Å². The van der Waals surface area contributed by atoms with E-state index in [-0.39, 0.29) is 18.2 Å². The summed E-state index contributed by atoms with van der Waals surface area (Å²) >= 11 is 3.34. The van der Waals surface area contributed by atoms with Crippen molar-refractivity contribution < 1.29 is 13.2 Å². The molecular formula is C20H23BrN2O3S. The van der Waals surface area contributed by atoms with Crippen LogP contribution in [0.25, 0.3) is 0 Å². The number of rotatable bonds is 7. The van der Waals surface area contributed by atoms with Crippen LogP contribution < -0.4 is 9.62 Å². The Hall–Kier alpha value is -1.70. The molecule has 0 fully saturated rings. The molecule has 1 heterocycles. The predicted octanol–water partition coefficient (Wildman–Crippen LogP) is 3.76. The summed E-state index contributed by atoms with van der Waals surface area (Å²) in [5.41, 5.74) is 3.70. The summed E-state index contributed by atoms with van der Waals surface area (Å²) in [4.78, 5) is 13.9. The number of halogens is 1. The normalized spacial score (nSPS) is 14.3. The van der Waals surface area contributed by atoms with Crippen molar-refractivity contribution in [1.82, 2.24) is 4.72 Å². The lowest BCUT2D eigenvalue weighted by Gasteiger charge is -2.29. The van der Waals surface area contributed by atoms with Gasteiger partial charge in [0.1, 0.15) is 0 Å². The number of hydrogen-bond acceptors (Lipinski definition) is 3. The Labute approximate surface area is 169 Å². The van der Waals surface area contributed by atoms with Crippen molar-refractivity contribution >= 4 is 37.5 Å². The number of sulfonamides is 1. The maximum absolute atomic E-state index is 12.4. The van der Waals surface area contributed by atoms with E-state index in [4.69, 9.17) is 0 Å². The van der Waals surface area contributed by atoms with Gasteiger partial charge in [0.25, 0.3) is 0 Å². The molecule has 0 saturated carbocycles. The van der Waals surface area contributed by atoms with Crippen LogP contribution in [-0.4, -0.2) is 20.9 Å². The van der Waals surface area contributed by atoms with E-state index < -0.39 is 10.0 Å². The van der Waals surface area contributed by atoms with E-state index >= 15 is 0 Å². The van der Waals surface area contributed by atoms with Crippen molar-refractivity contribution in [2.24, 2.45) is 0 Å². The number of hydrogen-bond donors (Lipinski definition) is 1. The van der Waals surface area contributed by atoms with E-state index in [1.165, 1.54) is 0 Å². The molecule has 0 radical (unpaired) electrons. The van der Waals surface area contributed by atoms with Gasteiger partial charge in [0.15, 0.2) is 0 Å². The lowest BCUT2D eigenvalue weighted by atomic mass is 9.98. The van der Waals surface area contributed by atoms with E-state index in [1.807, 2.05) is 35.2 Å². The fraction of sp³-hybridized carbons (Fsp3) is 0.350. The van der Waals surface area contributed by atoms with E-state index in [2.05, 4.69) is 27.6 Å². The summed E-state index contributed by atoms with van der Waals surface area (Å²) in [6.07, 6.45) is 2.11. The van der Waals surface area contributed by atoms with Crippen LogP contribution in [0.1, 0.15) is 36.5 Å². The largest absolute Gasteiger partial charge is 0.312 e. The summed E-state index contributed by atoms with van der Waals surface area (Å²) in [6.45, 7) is 3.01. The van der Waals surface area contributed by atoms with Crippen LogP contribution in [0.15, 0.2) is 46.9 Å². The van der Waals surface area contributed by atoms with Crippen LogP contribution in [0.2, 0.25) is 0 Å². The number of aryl methyl sites for hydroxylation is 1. The molecule has 2 aromatic rings. The van der Waals surface area contributed by atoms with Crippen molar-refractivity contribution in [3.05, 3.63) is 63.6 Å². The summed E-state index contributed by atoms with van der Waals surface area (Å²) in [5, 5.41) is 0. The number of benzene rings is 2. The average Bonchev–Trinajstić information content (AvgIpc) is 2.64. The molecule has 1 aliphatic rings. The molecule has 27 heavy (non-hydrogen) atoms. The Balaban J connectivity index is 1.67. The van der Waals surface area contributed by atoms with Crippen LogP contribution in [0.5, 0.6) is 0 Å². The topological polar surface area (TPSA) is 66.5 Å². The fourth-order valence-electron chi connectivity index (χ4n) is 3.24. The highest BCUT2D eigenvalue weighted by Gasteiger charge is 2.23. The highest BCUT2D eigenvalue weighted by atomic mass is 79.9. The highest BCUT2D eigenvalue weighted by molar-refractivity contribution is 9.10. The predicted molar refractivity (Wildman–Crippen MR) is 111 cm³/mol. The van der Waals surface area contributed by atoms with Crippen LogP contribution in [0.4, 0.5) is 5.69 Å². The lowest BCUT2D eigenvalue weighted by Crippen LogP contribution is -2.35. The van der Waals surface area contributed by atoms with Crippen LogP contribution in [-0.2, 0) is 33.5 Å². The van der Waals surface area contributed by atoms with Crippen molar-refractivity contribution in [3.63, 3.8) is 0 Å². The van der Waals surface area contributed by atoms with Crippen molar-refractivity contribution in [3.8, 4) is 0 Å². The third-order valence-corrected chi connectivity index (χ3v) is 6.38. The minimum absolute atomic E-state index is 0.0516. The number of nitrogens with one attached hydrogen (secondary N) is 1. The van der Waals surface area contributed by atoms with Crippen LogP contribution >= 0.6 is 15.9 Å². The standard InChI is InChI=1S/C20H23BrN2O3S/c1-2-11-23-19-9-5-16(12-17(19)6-10-20(23)24)13-22-27(25,26)14-15-3-7-18(21)8-4-15/h3-5,7-9,12,22H,2,6,10-11,13-14H2,1H3. The first-order chi connectivity index (χ1) is 12.9. The zero-order valence-corrected chi connectivity index (χ0v) is 17.6. The molecule has 1 N–H and O–H groups in total. The second-order valence-corrected chi connectivity index (χ2v) is 9.44. The molecule has 3 rings (SSSR count). The summed E-state index contributed by atoms with van der Waals surface area (Å²) < 4.78 is 28.3. The Morgan fingerprint density at radius 2 is 1.78 bits per heavy atom. The first-order valence-corrected chi connectivity index (χ1v) is 11.5. The zero-order chi connectivity index (χ0) is 19.4. The number of amides is 1. The molecule has 0 unspecified atom stereocenters. The molecule has 0 aromatic heterocycles. The zero-order valence-electron chi connectivity index (χ0n) is 15.2. The summed E-state index contributed by atoms with van der Waals surface area (Å²) in [6, 6.07) is 13.1. The third kappa shape index (κ3) is 5.18. The fourth-order valence-corrected chi connectivity index (χ4v) is 4.62. The lowest BCUT2D eigenvalue weighted by molar-refractivity contribution is -0.118. The molecule has 0 atom stereocenters. The van der Waals surface area contributed by atoms with Gasteiger partial charge in [0, 0.05) is 29.7 Å². The molecular weight excluding hydrogens is 428 g/mol. The second-order valence-electron chi connectivity index (χ2n) is 6.72. The van der Waals surface area contributed by atoms with Gasteiger partial charge in [-0.15, -0.1) is 0 Å². The monoisotopic (exact) mass is 450 g/mol. The molecule has 5 nitrogen and oxygen atoms in total. The Morgan fingerprint density at radius 1 is 1.07 bits per heavy atom. The number of anilines is 1. The molecule has 2 aromatic carbocycles. The van der Waals surface area contributed by atoms with Gasteiger partial charge in [-0.05, 0) is 47.7 Å². The van der Waals surface area contributed by atoms with E-state index in [9.17, 15) is 13.2 Å². The van der Waals surface area contributed by atoms with Crippen LogP contribution in [0, 0.1) is 0 Å². The molecule has 0 bridgehead atoms. The van der Waals surface area contributed by atoms with E-state index in [0.717, 1.165) is 33.3 Å². The Morgan fingerprint density at radius 3 is 2.48 bits per heavy atom. The van der Waals surface area contributed by atoms with Gasteiger partial charge in [0.2, 0.25) is 15.9 Å². The molecule has 144 valence electrons. The number of nitrogens with zero attached hydrogens (tertiary/aromatic N) is 1. The van der Waals surface area contributed by atoms with Gasteiger partial charge in [-0.2, -0.15) is 0 Å². The molecule has 1 aliphatic heterocycles. The maximum Gasteiger partial charge on any atom is 0.227 e. The Kier molecular flexibility index (Phi) is 6.34. The smallest absolute Gasteiger partial charge is 0.227 e. The third-order valence-electron chi connectivity index (χ3n) is 4.56. The summed E-state index contributed by atoms with van der Waals surface area (Å²) in [5.74, 6) is 0.108. The quantitative estimate of drug-likeness (QED) is 0.697. The first-order valence-electron chi connectivity index (χ1n) is 9.02. The number of carbonyl (C=O) groups excluding carboxylic acids is 1. The minimum Gasteiger partial charge on any atom is -0.312 e. The van der Waals surface area contributed by atoms with Gasteiger partial charge in [-0.3, -0.25) is 4.79 Å². The van der Waals surface area contributed by atoms with Gasteiger partial charge in [-0.25, -0.2) is 13.1 Å². The average molecular weight is 451 g/mol. The van der Waals surface area contributed by atoms with Crippen LogP contribution in [0.3, 0.4) is 0 Å². The molecule has 0 spiro atoms. The van der Waals surface area contributed by atoms with Crippen molar-refractivity contribution in [1.29, 1.82) is 0 Å². The minimum atomic E-state index is -3.42. The highest BCUT2D eigenvalue weighted by Crippen LogP contribution is 2.29. The Bertz CT molecular complexity index is 927. The number of fused-ring (bicyclic) bond motifs is 1. The first kappa shape index (κ1) is 20.0. The summed E-state index contributed by atoms with van der Waals surface area (Å²) in [7, 11) is -3.42. The van der Waals surface area contributed by atoms with E-state index in [0.29, 0.717) is 19.4 Å². The maximum atomic E-state index is 12.4. The molecule has 7 heteroatoms.